The molecule has 1 fully saturated rings. The Bertz CT molecular complexity index is 414. The maximum atomic E-state index is 12.3. The van der Waals surface area contributed by atoms with Gasteiger partial charge >= 0.3 is 6.09 Å². The Hall–Kier alpha value is -1.30. The Labute approximate surface area is 140 Å². The first kappa shape index (κ1) is 19.7. The SMILES string of the molecule is CCC(CC)OC(C)N=C(N)[C@@H]1CCCN1C(=O)OC(C)(C)C. The van der Waals surface area contributed by atoms with E-state index in [1.54, 1.807) is 4.90 Å². The molecule has 23 heavy (non-hydrogen) atoms. The average molecular weight is 327 g/mol. The number of amidine groups is 1. The lowest BCUT2D eigenvalue weighted by Crippen LogP contribution is -2.46. The van der Waals surface area contributed by atoms with Crippen LogP contribution < -0.4 is 5.73 Å². The summed E-state index contributed by atoms with van der Waals surface area (Å²) in [6, 6.07) is -0.197. The van der Waals surface area contributed by atoms with Crippen LogP contribution in [-0.4, -0.2) is 47.3 Å². The summed E-state index contributed by atoms with van der Waals surface area (Å²) in [7, 11) is 0. The Balaban J connectivity index is 2.71. The minimum Gasteiger partial charge on any atom is -0.444 e. The highest BCUT2D eigenvalue weighted by atomic mass is 16.6. The molecule has 0 radical (unpaired) electrons. The van der Waals surface area contributed by atoms with Crippen molar-refractivity contribution in [2.45, 2.75) is 91.2 Å². The van der Waals surface area contributed by atoms with Gasteiger partial charge in [0.25, 0.3) is 0 Å². The topological polar surface area (TPSA) is 77.2 Å². The zero-order valence-corrected chi connectivity index (χ0v) is 15.5. The average Bonchev–Trinajstić information content (AvgIpc) is 2.92. The van der Waals surface area contributed by atoms with Crippen molar-refractivity contribution in [1.82, 2.24) is 4.90 Å². The van der Waals surface area contributed by atoms with Gasteiger partial charge in [-0.1, -0.05) is 13.8 Å². The van der Waals surface area contributed by atoms with E-state index in [4.69, 9.17) is 15.2 Å². The van der Waals surface area contributed by atoms with Crippen LogP contribution in [0.15, 0.2) is 4.99 Å². The third-order valence-corrected chi connectivity index (χ3v) is 3.85. The number of likely N-dealkylation sites (tertiary alicyclic amines) is 1. The summed E-state index contributed by atoms with van der Waals surface area (Å²) in [5.74, 6) is 0.451. The largest absolute Gasteiger partial charge is 0.444 e. The number of rotatable bonds is 6. The van der Waals surface area contributed by atoms with Crippen molar-refractivity contribution in [2.75, 3.05) is 6.54 Å². The fourth-order valence-corrected chi connectivity index (χ4v) is 2.70. The van der Waals surface area contributed by atoms with Crippen LogP contribution in [0.3, 0.4) is 0 Å². The molecule has 1 rings (SSSR count). The second-order valence-electron chi connectivity index (χ2n) is 7.06. The van der Waals surface area contributed by atoms with Gasteiger partial charge in [-0.25, -0.2) is 9.79 Å². The highest BCUT2D eigenvalue weighted by molar-refractivity contribution is 5.89. The lowest BCUT2D eigenvalue weighted by Gasteiger charge is -2.28. The van der Waals surface area contributed by atoms with E-state index in [0.29, 0.717) is 12.4 Å². The van der Waals surface area contributed by atoms with Crippen LogP contribution in [0, 0.1) is 0 Å². The minimum atomic E-state index is -0.512. The number of nitrogens with two attached hydrogens (primary N) is 1. The molecule has 0 saturated carbocycles. The van der Waals surface area contributed by atoms with E-state index in [9.17, 15) is 4.79 Å². The zero-order valence-electron chi connectivity index (χ0n) is 15.5. The quantitative estimate of drug-likeness (QED) is 0.600. The number of aliphatic imine (C=N–C) groups is 1. The molecule has 1 saturated heterocycles. The lowest BCUT2D eigenvalue weighted by atomic mass is 10.2. The molecule has 1 aliphatic heterocycles. The van der Waals surface area contributed by atoms with Gasteiger partial charge in [0.15, 0.2) is 0 Å². The molecule has 2 N–H and O–H groups in total. The van der Waals surface area contributed by atoms with Gasteiger partial charge in [-0.2, -0.15) is 0 Å². The summed E-state index contributed by atoms with van der Waals surface area (Å²) in [5, 5.41) is 0. The number of ether oxygens (including phenoxy) is 2. The van der Waals surface area contributed by atoms with Crippen LogP contribution in [0.4, 0.5) is 4.79 Å². The molecule has 134 valence electrons. The maximum absolute atomic E-state index is 12.3. The van der Waals surface area contributed by atoms with E-state index >= 15 is 0 Å². The first-order valence-corrected chi connectivity index (χ1v) is 8.66. The number of carbonyl (C=O) groups is 1. The Morgan fingerprint density at radius 3 is 2.48 bits per heavy atom. The van der Waals surface area contributed by atoms with Crippen LogP contribution in [0.5, 0.6) is 0 Å². The third kappa shape index (κ3) is 6.37. The van der Waals surface area contributed by atoms with E-state index in [0.717, 1.165) is 25.7 Å². The Morgan fingerprint density at radius 1 is 1.35 bits per heavy atom. The van der Waals surface area contributed by atoms with Gasteiger partial charge in [-0.3, -0.25) is 4.90 Å². The van der Waals surface area contributed by atoms with E-state index in [-0.39, 0.29) is 24.5 Å². The molecular weight excluding hydrogens is 294 g/mol. The van der Waals surface area contributed by atoms with Crippen molar-refractivity contribution in [3.63, 3.8) is 0 Å². The van der Waals surface area contributed by atoms with Crippen LogP contribution in [-0.2, 0) is 9.47 Å². The van der Waals surface area contributed by atoms with E-state index in [1.165, 1.54) is 0 Å². The molecule has 0 aromatic rings. The van der Waals surface area contributed by atoms with Gasteiger partial charge in [0, 0.05) is 6.54 Å². The maximum Gasteiger partial charge on any atom is 0.410 e. The summed E-state index contributed by atoms with van der Waals surface area (Å²) in [4.78, 5) is 18.4. The molecule has 0 aromatic carbocycles. The molecule has 1 heterocycles. The third-order valence-electron chi connectivity index (χ3n) is 3.85. The van der Waals surface area contributed by atoms with Gasteiger partial charge in [0.05, 0.1) is 12.1 Å². The number of carbonyl (C=O) groups excluding carboxylic acids is 1. The van der Waals surface area contributed by atoms with Crippen molar-refractivity contribution in [3.8, 4) is 0 Å². The standard InChI is InChI=1S/C17H33N3O3/c1-7-13(8-2)22-12(3)19-15(18)14-10-9-11-20(14)16(21)23-17(4,5)6/h12-14H,7-11H2,1-6H3,(H2,18,19)/t12?,14-/m0/s1. The van der Waals surface area contributed by atoms with Crippen molar-refractivity contribution < 1.29 is 14.3 Å². The highest BCUT2D eigenvalue weighted by Gasteiger charge is 2.34. The van der Waals surface area contributed by atoms with E-state index in [1.807, 2.05) is 27.7 Å². The van der Waals surface area contributed by atoms with Crippen LogP contribution >= 0.6 is 0 Å². The van der Waals surface area contributed by atoms with Gasteiger partial charge in [-0.15, -0.1) is 0 Å². The van der Waals surface area contributed by atoms with Crippen molar-refractivity contribution in [1.29, 1.82) is 0 Å². The fraction of sp³-hybridized carbons (Fsp3) is 0.882. The summed E-state index contributed by atoms with van der Waals surface area (Å²) in [6.45, 7) is 12.3. The highest BCUT2D eigenvalue weighted by Crippen LogP contribution is 2.21. The van der Waals surface area contributed by atoms with Gasteiger partial charge in [0.1, 0.15) is 17.7 Å². The molecule has 2 atom stereocenters. The predicted molar refractivity (Wildman–Crippen MR) is 92.5 cm³/mol. The molecule has 1 aliphatic rings. The second-order valence-corrected chi connectivity index (χ2v) is 7.06. The monoisotopic (exact) mass is 327 g/mol. The first-order chi connectivity index (χ1) is 10.7. The normalized spacial score (nSPS) is 20.9. The molecule has 6 heteroatoms. The van der Waals surface area contributed by atoms with Crippen LogP contribution in [0.2, 0.25) is 0 Å². The molecular formula is C17H33N3O3. The fourth-order valence-electron chi connectivity index (χ4n) is 2.70. The van der Waals surface area contributed by atoms with Crippen molar-refractivity contribution in [3.05, 3.63) is 0 Å². The predicted octanol–water partition coefficient (Wildman–Crippen LogP) is 3.29. The lowest BCUT2D eigenvalue weighted by molar-refractivity contribution is -0.00148. The van der Waals surface area contributed by atoms with Crippen LogP contribution in [0.25, 0.3) is 0 Å². The summed E-state index contributed by atoms with van der Waals surface area (Å²) in [5.41, 5.74) is 5.64. The molecule has 6 nitrogen and oxygen atoms in total. The smallest absolute Gasteiger partial charge is 0.410 e. The second kappa shape index (κ2) is 8.52. The zero-order chi connectivity index (χ0) is 17.6. The van der Waals surface area contributed by atoms with Crippen molar-refractivity contribution in [2.24, 2.45) is 10.7 Å². The first-order valence-electron chi connectivity index (χ1n) is 8.66. The summed E-state index contributed by atoms with van der Waals surface area (Å²) < 4.78 is 11.3. The number of nitrogens with zero attached hydrogens (tertiary/aromatic N) is 2. The van der Waals surface area contributed by atoms with Crippen LogP contribution in [0.1, 0.15) is 67.2 Å². The number of amides is 1. The molecule has 0 aromatic heterocycles. The summed E-state index contributed by atoms with van der Waals surface area (Å²) >= 11 is 0. The molecule has 0 spiro atoms. The molecule has 0 aliphatic carbocycles. The molecule has 1 unspecified atom stereocenters. The van der Waals surface area contributed by atoms with Gasteiger partial charge in [0.2, 0.25) is 0 Å². The number of hydrogen-bond donors (Lipinski definition) is 1. The molecule has 0 bridgehead atoms. The van der Waals surface area contributed by atoms with Gasteiger partial charge in [-0.05, 0) is 53.4 Å². The molecule has 1 amide bonds. The minimum absolute atomic E-state index is 0.187. The Morgan fingerprint density at radius 2 is 1.96 bits per heavy atom. The number of hydrogen-bond acceptors (Lipinski definition) is 4. The van der Waals surface area contributed by atoms with Crippen molar-refractivity contribution >= 4 is 11.9 Å². The summed E-state index contributed by atoms with van der Waals surface area (Å²) in [6.07, 6.45) is 3.17. The van der Waals surface area contributed by atoms with E-state index < -0.39 is 5.60 Å². The van der Waals surface area contributed by atoms with E-state index in [2.05, 4.69) is 18.8 Å². The Kier molecular flexibility index (Phi) is 7.32. The van der Waals surface area contributed by atoms with Gasteiger partial charge < -0.3 is 15.2 Å².